The third-order valence-electron chi connectivity index (χ3n) is 4.61. The van der Waals surface area contributed by atoms with E-state index in [1.54, 1.807) is 11.3 Å². The molecule has 0 spiro atoms. The maximum absolute atomic E-state index is 13.1. The molecular formula is C19H27Cl2N3OS. The lowest BCUT2D eigenvalue weighted by molar-refractivity contribution is 0.0641. The molecule has 1 aliphatic heterocycles. The number of carbonyl (C=O) groups excluding carboxylic acids is 1. The van der Waals surface area contributed by atoms with Crippen LogP contribution in [-0.2, 0) is 0 Å². The van der Waals surface area contributed by atoms with E-state index in [0.717, 1.165) is 61.4 Å². The van der Waals surface area contributed by atoms with Crippen molar-refractivity contribution in [3.05, 3.63) is 40.2 Å². The highest BCUT2D eigenvalue weighted by atomic mass is 35.5. The van der Waals surface area contributed by atoms with E-state index >= 15 is 0 Å². The van der Waals surface area contributed by atoms with E-state index in [1.165, 1.54) is 0 Å². The van der Waals surface area contributed by atoms with Gasteiger partial charge in [-0.1, -0.05) is 6.92 Å². The number of rotatable bonds is 5. The number of amides is 1. The number of hydrogen-bond acceptors (Lipinski definition) is 4. The van der Waals surface area contributed by atoms with Crippen LogP contribution in [0.2, 0.25) is 0 Å². The third kappa shape index (κ3) is 5.19. The van der Waals surface area contributed by atoms with Gasteiger partial charge in [0.1, 0.15) is 0 Å². The molecule has 1 saturated heterocycles. The van der Waals surface area contributed by atoms with Gasteiger partial charge in [-0.2, -0.15) is 11.3 Å². The van der Waals surface area contributed by atoms with Crippen LogP contribution in [0.4, 0.5) is 0 Å². The zero-order valence-electron chi connectivity index (χ0n) is 15.2. The molecule has 4 nitrogen and oxygen atoms in total. The van der Waals surface area contributed by atoms with Gasteiger partial charge in [-0.05, 0) is 62.9 Å². The summed E-state index contributed by atoms with van der Waals surface area (Å²) in [7, 11) is 0. The number of piperidine rings is 1. The molecule has 2 aromatic rings. The lowest BCUT2D eigenvalue weighted by Crippen LogP contribution is -2.46. The number of thiophene rings is 1. The Morgan fingerprint density at radius 1 is 1.27 bits per heavy atom. The Labute approximate surface area is 172 Å². The molecule has 0 aliphatic carbocycles. The first-order valence-corrected chi connectivity index (χ1v) is 9.67. The number of carbonyl (C=O) groups is 1. The van der Waals surface area contributed by atoms with Gasteiger partial charge in [0, 0.05) is 23.5 Å². The summed E-state index contributed by atoms with van der Waals surface area (Å²) in [6, 6.07) is 6.32. The summed E-state index contributed by atoms with van der Waals surface area (Å²) in [6.07, 6.45) is 3.05. The number of halogens is 2. The molecule has 1 N–H and O–H groups in total. The second-order valence-electron chi connectivity index (χ2n) is 6.32. The largest absolute Gasteiger partial charge is 0.336 e. The van der Waals surface area contributed by atoms with Crippen molar-refractivity contribution in [3.8, 4) is 11.3 Å². The zero-order chi connectivity index (χ0) is 16.9. The Balaban J connectivity index is 0.00000169. The van der Waals surface area contributed by atoms with Crippen LogP contribution in [0, 0.1) is 6.92 Å². The number of aryl methyl sites for hydroxylation is 1. The number of nitrogens with zero attached hydrogens (tertiary/aromatic N) is 2. The molecule has 0 radical (unpaired) electrons. The highest BCUT2D eigenvalue weighted by Crippen LogP contribution is 2.23. The van der Waals surface area contributed by atoms with Crippen LogP contribution in [0.15, 0.2) is 29.0 Å². The molecule has 0 bridgehead atoms. The van der Waals surface area contributed by atoms with Crippen molar-refractivity contribution >= 4 is 42.1 Å². The van der Waals surface area contributed by atoms with Crippen LogP contribution in [0.25, 0.3) is 11.3 Å². The molecule has 7 heteroatoms. The Hall–Kier alpha value is -1.14. The van der Waals surface area contributed by atoms with Crippen molar-refractivity contribution in [2.24, 2.45) is 0 Å². The van der Waals surface area contributed by atoms with Gasteiger partial charge in [0.15, 0.2) is 0 Å². The van der Waals surface area contributed by atoms with Crippen LogP contribution in [-0.4, -0.2) is 41.5 Å². The zero-order valence-corrected chi connectivity index (χ0v) is 17.7. The van der Waals surface area contributed by atoms with Crippen molar-refractivity contribution in [2.45, 2.75) is 39.2 Å². The van der Waals surface area contributed by atoms with Gasteiger partial charge in [0.05, 0.1) is 17.0 Å². The Morgan fingerprint density at radius 3 is 2.58 bits per heavy atom. The molecule has 0 aromatic carbocycles. The fourth-order valence-corrected chi connectivity index (χ4v) is 3.97. The first-order valence-electron chi connectivity index (χ1n) is 8.72. The molecule has 2 aromatic heterocycles. The smallest absolute Gasteiger partial charge is 0.255 e. The monoisotopic (exact) mass is 415 g/mol. The SMILES string of the molecule is CCCN(C(=O)c1ccc(-c2ccsc2)nc1C)C1CCNCC1.Cl.Cl. The predicted octanol–water partition coefficient (Wildman–Crippen LogP) is 4.57. The minimum atomic E-state index is 0. The molecule has 3 rings (SSSR count). The van der Waals surface area contributed by atoms with Gasteiger partial charge in [-0.3, -0.25) is 9.78 Å². The molecule has 26 heavy (non-hydrogen) atoms. The maximum atomic E-state index is 13.1. The van der Waals surface area contributed by atoms with Crippen molar-refractivity contribution in [3.63, 3.8) is 0 Å². The summed E-state index contributed by atoms with van der Waals surface area (Å²) < 4.78 is 0. The minimum Gasteiger partial charge on any atom is -0.336 e. The molecule has 3 heterocycles. The predicted molar refractivity (Wildman–Crippen MR) is 114 cm³/mol. The number of hydrogen-bond donors (Lipinski definition) is 1. The van der Waals surface area contributed by atoms with Crippen LogP contribution in [0.3, 0.4) is 0 Å². The number of aromatic nitrogens is 1. The summed E-state index contributed by atoms with van der Waals surface area (Å²) in [6.45, 7) is 6.87. The van der Waals surface area contributed by atoms with Gasteiger partial charge in [-0.15, -0.1) is 24.8 Å². The third-order valence-corrected chi connectivity index (χ3v) is 5.29. The average molecular weight is 416 g/mol. The second-order valence-corrected chi connectivity index (χ2v) is 7.10. The lowest BCUT2D eigenvalue weighted by Gasteiger charge is -2.35. The number of nitrogens with one attached hydrogen (secondary N) is 1. The maximum Gasteiger partial charge on any atom is 0.255 e. The van der Waals surface area contributed by atoms with Crippen molar-refractivity contribution in [2.75, 3.05) is 19.6 Å². The fourth-order valence-electron chi connectivity index (χ4n) is 3.32. The van der Waals surface area contributed by atoms with Gasteiger partial charge in [0.25, 0.3) is 5.91 Å². The van der Waals surface area contributed by atoms with Gasteiger partial charge < -0.3 is 10.2 Å². The Kier molecular flexibility index (Phi) is 9.58. The Bertz CT molecular complexity index is 688. The molecule has 1 aliphatic rings. The van der Waals surface area contributed by atoms with Gasteiger partial charge in [0.2, 0.25) is 0 Å². The van der Waals surface area contributed by atoms with E-state index in [-0.39, 0.29) is 30.7 Å². The van der Waals surface area contributed by atoms with E-state index in [1.807, 2.05) is 24.4 Å². The van der Waals surface area contributed by atoms with E-state index < -0.39 is 0 Å². The first-order chi connectivity index (χ1) is 11.7. The molecule has 144 valence electrons. The topological polar surface area (TPSA) is 45.2 Å². The van der Waals surface area contributed by atoms with Crippen LogP contribution in [0.5, 0.6) is 0 Å². The molecule has 1 amide bonds. The van der Waals surface area contributed by atoms with Crippen LogP contribution >= 0.6 is 36.2 Å². The standard InChI is InChI=1S/C19H25N3OS.2ClH/c1-3-11-22(16-6-9-20-10-7-16)19(23)17-4-5-18(21-14(17)2)15-8-12-24-13-15;;/h4-5,8,12-13,16,20H,3,6-7,9-11H2,1-2H3;2*1H. The van der Waals surface area contributed by atoms with Gasteiger partial charge >= 0.3 is 0 Å². The summed E-state index contributed by atoms with van der Waals surface area (Å²) in [4.78, 5) is 19.9. The van der Waals surface area contributed by atoms with Gasteiger partial charge in [-0.25, -0.2) is 0 Å². The van der Waals surface area contributed by atoms with E-state index in [0.29, 0.717) is 6.04 Å². The summed E-state index contributed by atoms with van der Waals surface area (Å²) in [5.74, 6) is 0.130. The minimum absolute atomic E-state index is 0. The van der Waals surface area contributed by atoms with E-state index in [2.05, 4.69) is 33.6 Å². The fraction of sp³-hybridized carbons (Fsp3) is 0.474. The van der Waals surface area contributed by atoms with Crippen molar-refractivity contribution in [1.29, 1.82) is 0 Å². The average Bonchev–Trinajstić information content (AvgIpc) is 3.14. The molecule has 0 saturated carbocycles. The normalized spacial score (nSPS) is 14.2. The molecule has 0 unspecified atom stereocenters. The second kappa shape index (κ2) is 10.9. The van der Waals surface area contributed by atoms with E-state index in [4.69, 9.17) is 0 Å². The van der Waals surface area contributed by atoms with Crippen molar-refractivity contribution in [1.82, 2.24) is 15.2 Å². The Morgan fingerprint density at radius 2 is 2.00 bits per heavy atom. The quantitative estimate of drug-likeness (QED) is 0.777. The summed E-state index contributed by atoms with van der Waals surface area (Å²) in [5.41, 5.74) is 3.61. The highest BCUT2D eigenvalue weighted by Gasteiger charge is 2.26. The number of pyridine rings is 1. The van der Waals surface area contributed by atoms with Crippen molar-refractivity contribution < 1.29 is 4.79 Å². The van der Waals surface area contributed by atoms with Crippen LogP contribution in [0.1, 0.15) is 42.2 Å². The molecule has 0 atom stereocenters. The molecule has 1 fully saturated rings. The lowest BCUT2D eigenvalue weighted by atomic mass is 10.0. The summed E-state index contributed by atoms with van der Waals surface area (Å²) in [5, 5.41) is 7.51. The van der Waals surface area contributed by atoms with Crippen LogP contribution < -0.4 is 5.32 Å². The summed E-state index contributed by atoms with van der Waals surface area (Å²) >= 11 is 1.66. The molecular weight excluding hydrogens is 389 g/mol. The highest BCUT2D eigenvalue weighted by molar-refractivity contribution is 7.08. The van der Waals surface area contributed by atoms with E-state index in [9.17, 15) is 4.79 Å². The first kappa shape index (κ1) is 22.9.